The number of fused-ring (bicyclic) bond motifs is 3. The second-order valence-electron chi connectivity index (χ2n) is 9.77. The molecule has 0 spiro atoms. The lowest BCUT2D eigenvalue weighted by Crippen LogP contribution is -2.53. The third-order valence-corrected chi connectivity index (χ3v) is 5.40. The molecule has 1 aliphatic rings. The molecule has 178 valence electrons. The molecule has 1 aromatic carbocycles. The Balaban J connectivity index is 1.82. The molecule has 3 rings (SSSR count). The van der Waals surface area contributed by atoms with Crippen LogP contribution in [-0.2, 0) is 11.4 Å². The van der Waals surface area contributed by atoms with Crippen LogP contribution in [0.2, 0.25) is 0 Å². The number of nitrogens with zero attached hydrogens (tertiary/aromatic N) is 2. The quantitative estimate of drug-likeness (QED) is 0.597. The molecular formula is C25H33N3O5. The normalized spacial score (nSPS) is 13.4. The predicted octanol–water partition coefficient (Wildman–Crippen LogP) is 5.17. The zero-order valence-electron chi connectivity index (χ0n) is 20.1. The van der Waals surface area contributed by atoms with Crippen LogP contribution in [0, 0.1) is 5.92 Å². The molecule has 8 heteroatoms. The van der Waals surface area contributed by atoms with Crippen molar-refractivity contribution in [2.75, 3.05) is 11.9 Å². The number of benzene rings is 1. The van der Waals surface area contributed by atoms with Crippen LogP contribution < -0.4 is 14.8 Å². The van der Waals surface area contributed by atoms with Crippen LogP contribution >= 0.6 is 0 Å². The topological polar surface area (TPSA) is 101 Å². The lowest BCUT2D eigenvalue weighted by atomic mass is 9.97. The van der Waals surface area contributed by atoms with Crippen LogP contribution in [0.3, 0.4) is 0 Å². The number of amides is 2. The van der Waals surface area contributed by atoms with Crippen LogP contribution in [-0.4, -0.2) is 45.2 Å². The van der Waals surface area contributed by atoms with Crippen molar-refractivity contribution in [3.8, 4) is 22.6 Å². The maximum Gasteiger partial charge on any atom is 0.408 e. The summed E-state index contributed by atoms with van der Waals surface area (Å²) in [6, 6.07) is 7.14. The molecular weight excluding hydrogens is 422 g/mol. The van der Waals surface area contributed by atoms with Gasteiger partial charge in [-0.05, 0) is 56.9 Å². The standard InChI is InChI=1S/C25H33N3O5/c1-15(2)9-18(28(24(30)31)25(4,5)6)14-32-19-7-8-20-21-11-23(27-16(3)29)26-12-17(21)13-33-22(20)10-19/h7-8,10-12,15,18H,9,13-14H2,1-6H3,(H,30,31)(H,26,27,29)/t18-/m1/s1. The number of carbonyl (C=O) groups is 2. The summed E-state index contributed by atoms with van der Waals surface area (Å²) in [5, 5.41) is 12.5. The van der Waals surface area contributed by atoms with Crippen LogP contribution in [0.1, 0.15) is 53.5 Å². The van der Waals surface area contributed by atoms with E-state index in [0.29, 0.717) is 36.3 Å². The van der Waals surface area contributed by atoms with Crippen LogP contribution in [0.15, 0.2) is 30.5 Å². The molecule has 2 aromatic rings. The number of carboxylic acid groups (broad SMARTS) is 1. The van der Waals surface area contributed by atoms with Gasteiger partial charge in [-0.2, -0.15) is 0 Å². The maximum atomic E-state index is 12.0. The number of hydrogen-bond donors (Lipinski definition) is 2. The third-order valence-electron chi connectivity index (χ3n) is 5.40. The van der Waals surface area contributed by atoms with Gasteiger partial charge in [0.1, 0.15) is 30.5 Å². The number of carbonyl (C=O) groups excluding carboxylic acids is 1. The number of pyridine rings is 1. The van der Waals surface area contributed by atoms with Gasteiger partial charge in [-0.25, -0.2) is 9.78 Å². The minimum absolute atomic E-state index is 0.180. The van der Waals surface area contributed by atoms with Crippen LogP contribution in [0.4, 0.5) is 10.6 Å². The Hall–Kier alpha value is -3.29. The lowest BCUT2D eigenvalue weighted by Gasteiger charge is -2.40. The first-order chi connectivity index (χ1) is 15.5. The van der Waals surface area contributed by atoms with Gasteiger partial charge < -0.3 is 19.9 Å². The zero-order chi connectivity index (χ0) is 24.3. The molecule has 0 aliphatic carbocycles. The van der Waals surface area contributed by atoms with Gasteiger partial charge in [0.05, 0.1) is 6.04 Å². The first kappa shape index (κ1) is 24.4. The second-order valence-corrected chi connectivity index (χ2v) is 9.77. The van der Waals surface area contributed by atoms with E-state index in [-0.39, 0.29) is 18.6 Å². The van der Waals surface area contributed by atoms with Gasteiger partial charge in [-0.15, -0.1) is 0 Å². The van der Waals surface area contributed by atoms with Crippen molar-refractivity contribution in [2.24, 2.45) is 5.92 Å². The van der Waals surface area contributed by atoms with E-state index < -0.39 is 11.6 Å². The summed E-state index contributed by atoms with van der Waals surface area (Å²) < 4.78 is 12.0. The highest BCUT2D eigenvalue weighted by Crippen LogP contribution is 2.40. The molecule has 0 saturated carbocycles. The van der Waals surface area contributed by atoms with Gasteiger partial charge in [0.2, 0.25) is 5.91 Å². The van der Waals surface area contributed by atoms with E-state index in [1.807, 2.05) is 45.0 Å². The van der Waals surface area contributed by atoms with Crippen LogP contribution in [0.25, 0.3) is 11.1 Å². The highest BCUT2D eigenvalue weighted by Gasteiger charge is 2.34. The largest absolute Gasteiger partial charge is 0.491 e. The van der Waals surface area contributed by atoms with Gasteiger partial charge in [0, 0.05) is 35.9 Å². The van der Waals surface area contributed by atoms with Crippen molar-refractivity contribution in [3.05, 3.63) is 36.0 Å². The zero-order valence-corrected chi connectivity index (χ0v) is 20.1. The number of aromatic nitrogens is 1. The van der Waals surface area contributed by atoms with E-state index in [9.17, 15) is 14.7 Å². The van der Waals surface area contributed by atoms with Gasteiger partial charge in [-0.3, -0.25) is 9.69 Å². The molecule has 0 saturated heterocycles. The number of ether oxygens (including phenoxy) is 2. The fourth-order valence-electron chi connectivity index (χ4n) is 4.16. The molecule has 2 amide bonds. The van der Waals surface area contributed by atoms with Crippen molar-refractivity contribution in [2.45, 2.75) is 66.2 Å². The third kappa shape index (κ3) is 5.94. The van der Waals surface area contributed by atoms with Gasteiger partial charge in [0.15, 0.2) is 0 Å². The molecule has 33 heavy (non-hydrogen) atoms. The summed E-state index contributed by atoms with van der Waals surface area (Å²) in [6.07, 6.45) is 1.44. The fourth-order valence-corrected chi connectivity index (χ4v) is 4.16. The summed E-state index contributed by atoms with van der Waals surface area (Å²) >= 11 is 0. The van der Waals surface area contributed by atoms with Crippen molar-refractivity contribution >= 4 is 17.8 Å². The summed E-state index contributed by atoms with van der Waals surface area (Å²) in [5.41, 5.74) is 2.23. The minimum Gasteiger partial charge on any atom is -0.491 e. The van der Waals surface area contributed by atoms with Gasteiger partial charge in [-0.1, -0.05) is 13.8 Å². The van der Waals surface area contributed by atoms with E-state index in [2.05, 4.69) is 24.1 Å². The fraction of sp³-hybridized carbons (Fsp3) is 0.480. The van der Waals surface area contributed by atoms with Crippen molar-refractivity contribution < 1.29 is 24.2 Å². The Kier molecular flexibility index (Phi) is 7.15. The average Bonchev–Trinajstić information content (AvgIpc) is 2.69. The smallest absolute Gasteiger partial charge is 0.408 e. The molecule has 8 nitrogen and oxygen atoms in total. The molecule has 0 unspecified atom stereocenters. The van der Waals surface area contributed by atoms with E-state index in [1.54, 1.807) is 6.20 Å². The Bertz CT molecular complexity index is 1030. The maximum absolute atomic E-state index is 12.0. The summed E-state index contributed by atoms with van der Waals surface area (Å²) in [7, 11) is 0. The Labute approximate surface area is 194 Å². The molecule has 2 N–H and O–H groups in total. The molecule has 0 bridgehead atoms. The first-order valence-electron chi connectivity index (χ1n) is 11.1. The SMILES string of the molecule is CC(=O)Nc1cc2c(cn1)COc1cc(OC[C@@H](CC(C)C)N(C(=O)O)C(C)(C)C)ccc1-2. The molecule has 0 radical (unpaired) electrons. The van der Waals surface area contributed by atoms with Crippen LogP contribution in [0.5, 0.6) is 11.5 Å². The molecule has 0 fully saturated rings. The predicted molar refractivity (Wildman–Crippen MR) is 127 cm³/mol. The average molecular weight is 456 g/mol. The number of hydrogen-bond acceptors (Lipinski definition) is 5. The second kappa shape index (κ2) is 9.68. The lowest BCUT2D eigenvalue weighted by molar-refractivity contribution is -0.114. The molecule has 1 aromatic heterocycles. The van der Waals surface area contributed by atoms with E-state index >= 15 is 0 Å². The monoisotopic (exact) mass is 455 g/mol. The van der Waals surface area contributed by atoms with Gasteiger partial charge in [0.25, 0.3) is 0 Å². The summed E-state index contributed by atoms with van der Waals surface area (Å²) in [6.45, 7) is 11.9. The van der Waals surface area contributed by atoms with Crippen molar-refractivity contribution in [1.82, 2.24) is 9.88 Å². The molecule has 2 heterocycles. The van der Waals surface area contributed by atoms with Gasteiger partial charge >= 0.3 is 6.09 Å². The summed E-state index contributed by atoms with van der Waals surface area (Å²) in [5.74, 6) is 1.91. The number of anilines is 1. The molecule has 1 atom stereocenters. The Morgan fingerprint density at radius 2 is 1.97 bits per heavy atom. The van der Waals surface area contributed by atoms with E-state index in [4.69, 9.17) is 9.47 Å². The highest BCUT2D eigenvalue weighted by molar-refractivity contribution is 5.89. The molecule has 1 aliphatic heterocycles. The Morgan fingerprint density at radius 1 is 1.24 bits per heavy atom. The minimum atomic E-state index is -0.953. The van der Waals surface area contributed by atoms with E-state index in [0.717, 1.165) is 16.7 Å². The van der Waals surface area contributed by atoms with Crippen molar-refractivity contribution in [3.63, 3.8) is 0 Å². The Morgan fingerprint density at radius 3 is 2.58 bits per heavy atom. The van der Waals surface area contributed by atoms with Crippen molar-refractivity contribution in [1.29, 1.82) is 0 Å². The summed E-state index contributed by atoms with van der Waals surface area (Å²) in [4.78, 5) is 29.1. The number of nitrogens with one attached hydrogen (secondary N) is 1. The van der Waals surface area contributed by atoms with E-state index in [1.165, 1.54) is 11.8 Å². The number of rotatable bonds is 7. The highest BCUT2D eigenvalue weighted by atomic mass is 16.5. The first-order valence-corrected chi connectivity index (χ1v) is 11.1.